The van der Waals surface area contributed by atoms with E-state index in [0.29, 0.717) is 0 Å². The minimum Gasteiger partial charge on any atom is -0.412 e. The molecule has 0 aliphatic rings. The number of hydrogen-bond donors (Lipinski definition) is 0. The maximum Gasteiger partial charge on any atom is 0.0329 e. The van der Waals surface area contributed by atoms with Crippen molar-refractivity contribution in [2.24, 2.45) is 0 Å². The lowest BCUT2D eigenvalue weighted by Crippen LogP contribution is -1.86. The Labute approximate surface area is 315 Å². The van der Waals surface area contributed by atoms with Crippen molar-refractivity contribution in [1.29, 1.82) is 0 Å². The molecular formula is C24H10Br12O. The van der Waals surface area contributed by atoms with E-state index in [9.17, 15) is 0 Å². The minimum absolute atomic E-state index is 0. The van der Waals surface area contributed by atoms with Gasteiger partial charge in [0, 0.05) is 64.8 Å². The van der Waals surface area contributed by atoms with Crippen molar-refractivity contribution in [2.45, 2.75) is 0 Å². The van der Waals surface area contributed by atoms with Gasteiger partial charge in [-0.15, -0.1) is 0 Å². The van der Waals surface area contributed by atoms with Crippen molar-refractivity contribution in [3.05, 3.63) is 102 Å². The molecule has 0 aliphatic carbocycles. The van der Waals surface area contributed by atoms with Crippen molar-refractivity contribution in [3.8, 4) is 22.3 Å². The van der Waals surface area contributed by atoms with Gasteiger partial charge in [-0.05, 0) is 123 Å². The number of rotatable bonds is 2. The van der Waals surface area contributed by atoms with Crippen LogP contribution in [0.1, 0.15) is 0 Å². The van der Waals surface area contributed by atoms with E-state index in [4.69, 9.17) is 0 Å². The van der Waals surface area contributed by atoms with Gasteiger partial charge in [-0.3, -0.25) is 0 Å². The Morgan fingerprint density at radius 2 is 0.514 bits per heavy atom. The highest BCUT2D eigenvalue weighted by Crippen LogP contribution is 2.44. The molecule has 0 aliphatic heterocycles. The monoisotopic (exact) mass is 1260 g/mol. The van der Waals surface area contributed by atoms with E-state index < -0.39 is 0 Å². The average molecular weight is 1270 g/mol. The molecule has 0 aromatic heterocycles. The van der Waals surface area contributed by atoms with Gasteiger partial charge in [0.15, 0.2) is 0 Å². The molecule has 196 valence electrons. The predicted octanol–water partition coefficient (Wildman–Crippen LogP) is 15.0. The standard InChI is InChI=1S/2C12H4Br6.H2O/c2*13-5-1-10(17)12(11(18)2-5)6-3-8(15)9(16)4-7(6)14;/h2*1-4H;1H2. The Balaban J connectivity index is 0.000000253. The molecule has 4 aromatic carbocycles. The first-order valence-electron chi connectivity index (χ1n) is 9.39. The van der Waals surface area contributed by atoms with E-state index in [0.717, 1.165) is 75.9 Å². The Kier molecular flexibility index (Phi) is 15.4. The molecule has 0 amide bonds. The van der Waals surface area contributed by atoms with Crippen LogP contribution in [-0.2, 0) is 0 Å². The van der Waals surface area contributed by atoms with Crippen molar-refractivity contribution in [2.75, 3.05) is 0 Å². The summed E-state index contributed by atoms with van der Waals surface area (Å²) in [5.41, 5.74) is 4.43. The molecule has 0 unspecified atom stereocenters. The molecule has 13 heteroatoms. The number of benzene rings is 4. The van der Waals surface area contributed by atoms with E-state index in [1.54, 1.807) is 0 Å². The zero-order valence-corrected chi connectivity index (χ0v) is 36.7. The highest BCUT2D eigenvalue weighted by molar-refractivity contribution is 9.14. The maximum atomic E-state index is 3.60. The number of hydrogen-bond acceptors (Lipinski definition) is 0. The summed E-state index contributed by atoms with van der Waals surface area (Å²) in [6, 6.07) is 16.3. The smallest absolute Gasteiger partial charge is 0.0329 e. The molecule has 4 aromatic rings. The van der Waals surface area contributed by atoms with Gasteiger partial charge < -0.3 is 5.48 Å². The van der Waals surface area contributed by atoms with Crippen LogP contribution in [0, 0.1) is 0 Å². The van der Waals surface area contributed by atoms with Crippen LogP contribution in [0.15, 0.2) is 102 Å². The third-order valence-corrected chi connectivity index (χ3v) is 13.0. The fraction of sp³-hybridized carbons (Fsp3) is 0. The van der Waals surface area contributed by atoms with Crippen molar-refractivity contribution in [3.63, 3.8) is 0 Å². The van der Waals surface area contributed by atoms with Crippen molar-refractivity contribution < 1.29 is 5.48 Å². The highest BCUT2D eigenvalue weighted by atomic mass is 79.9. The zero-order chi connectivity index (χ0) is 26.9. The van der Waals surface area contributed by atoms with Crippen LogP contribution in [0.3, 0.4) is 0 Å². The van der Waals surface area contributed by atoms with Crippen molar-refractivity contribution >= 4 is 191 Å². The third-order valence-electron chi connectivity index (χ3n) is 4.57. The Hall–Kier alpha value is 2.60. The SMILES string of the molecule is Brc1cc(Br)c(-c2cc(Br)c(Br)cc2Br)c(Br)c1.Brc1cc(Br)c(-c2cc(Br)c(Br)cc2Br)c(Br)c1.O. The Bertz CT molecular complexity index is 1310. The summed E-state index contributed by atoms with van der Waals surface area (Å²) in [6.07, 6.45) is 0. The zero-order valence-electron chi connectivity index (χ0n) is 17.7. The summed E-state index contributed by atoms with van der Waals surface area (Å²) in [5.74, 6) is 0. The molecule has 2 N–H and O–H groups in total. The van der Waals surface area contributed by atoms with Gasteiger partial charge in [-0.2, -0.15) is 0 Å². The summed E-state index contributed by atoms with van der Waals surface area (Å²) < 4.78 is 12.3. The first-order chi connectivity index (χ1) is 16.8. The van der Waals surface area contributed by atoms with Crippen LogP contribution in [0.4, 0.5) is 0 Å². The maximum absolute atomic E-state index is 3.60. The van der Waals surface area contributed by atoms with Gasteiger partial charge in [-0.1, -0.05) is 127 Å². The summed E-state index contributed by atoms with van der Waals surface area (Å²) in [6.45, 7) is 0. The van der Waals surface area contributed by atoms with E-state index in [2.05, 4.69) is 203 Å². The van der Waals surface area contributed by atoms with Crippen LogP contribution in [0.2, 0.25) is 0 Å². The van der Waals surface area contributed by atoms with Gasteiger partial charge in [0.25, 0.3) is 0 Å². The Morgan fingerprint density at radius 1 is 0.270 bits per heavy atom. The van der Waals surface area contributed by atoms with Gasteiger partial charge in [0.05, 0.1) is 0 Å². The topological polar surface area (TPSA) is 31.5 Å². The first kappa shape index (κ1) is 35.8. The quantitative estimate of drug-likeness (QED) is 0.179. The molecule has 0 saturated carbocycles. The molecule has 0 spiro atoms. The lowest BCUT2D eigenvalue weighted by molar-refractivity contribution is 0.824. The minimum atomic E-state index is 0. The van der Waals surface area contributed by atoms with Gasteiger partial charge in [-0.25, -0.2) is 0 Å². The van der Waals surface area contributed by atoms with Crippen LogP contribution < -0.4 is 0 Å². The average Bonchev–Trinajstić information content (AvgIpc) is 2.74. The van der Waals surface area contributed by atoms with E-state index in [-0.39, 0.29) is 5.48 Å². The van der Waals surface area contributed by atoms with Crippen molar-refractivity contribution in [1.82, 2.24) is 0 Å². The molecular weight excluding hydrogens is 1260 g/mol. The summed E-state index contributed by atoms with van der Waals surface area (Å²) in [4.78, 5) is 0. The van der Waals surface area contributed by atoms with Crippen LogP contribution in [0.25, 0.3) is 22.3 Å². The molecule has 0 fully saturated rings. The molecule has 0 atom stereocenters. The van der Waals surface area contributed by atoms with Crippen LogP contribution in [0.5, 0.6) is 0 Å². The molecule has 0 bridgehead atoms. The van der Waals surface area contributed by atoms with E-state index in [1.165, 1.54) is 0 Å². The summed E-state index contributed by atoms with van der Waals surface area (Å²) >= 11 is 42.6. The van der Waals surface area contributed by atoms with E-state index >= 15 is 0 Å². The van der Waals surface area contributed by atoms with E-state index in [1.807, 2.05) is 36.4 Å². The van der Waals surface area contributed by atoms with Crippen LogP contribution >= 0.6 is 191 Å². The molecule has 0 saturated heterocycles. The van der Waals surface area contributed by atoms with Gasteiger partial charge >= 0.3 is 0 Å². The van der Waals surface area contributed by atoms with Gasteiger partial charge in [0.1, 0.15) is 0 Å². The van der Waals surface area contributed by atoms with Crippen LogP contribution in [-0.4, -0.2) is 5.48 Å². The first-order valence-corrected chi connectivity index (χ1v) is 18.9. The largest absolute Gasteiger partial charge is 0.412 e. The lowest BCUT2D eigenvalue weighted by atomic mass is 10.1. The fourth-order valence-corrected chi connectivity index (χ4v) is 11.5. The summed E-state index contributed by atoms with van der Waals surface area (Å²) in [7, 11) is 0. The molecule has 0 radical (unpaired) electrons. The summed E-state index contributed by atoms with van der Waals surface area (Å²) in [5, 5.41) is 0. The molecule has 4 rings (SSSR count). The fourth-order valence-electron chi connectivity index (χ4n) is 3.03. The third kappa shape index (κ3) is 9.29. The predicted molar refractivity (Wildman–Crippen MR) is 200 cm³/mol. The normalized spacial score (nSPS) is 10.5. The molecule has 37 heavy (non-hydrogen) atoms. The van der Waals surface area contributed by atoms with Gasteiger partial charge in [0.2, 0.25) is 0 Å². The lowest BCUT2D eigenvalue weighted by Gasteiger charge is -2.12. The molecule has 0 heterocycles. The highest BCUT2D eigenvalue weighted by Gasteiger charge is 2.15. The number of halogens is 12. The second-order valence-electron chi connectivity index (χ2n) is 6.98. The second kappa shape index (κ2) is 15.9. The molecule has 1 nitrogen and oxygen atoms in total. The Morgan fingerprint density at radius 3 is 0.784 bits per heavy atom. The second-order valence-corrected chi connectivity index (χ2v) is 17.4.